The standard InChI is InChI=1S/C15H17N/c1-2-3-6-13-8-10-14(11-9-13)15-7-4-5-12-16-15/h4-5,7-12H,2-3,6H2,1H3. The van der Waals surface area contributed by atoms with Crippen LogP contribution in [0, 0.1) is 0 Å². The van der Waals surface area contributed by atoms with Crippen LogP contribution in [0.5, 0.6) is 0 Å². The molecule has 0 N–H and O–H groups in total. The van der Waals surface area contributed by atoms with Crippen LogP contribution in [0.15, 0.2) is 48.7 Å². The predicted octanol–water partition coefficient (Wildman–Crippen LogP) is 4.09. The summed E-state index contributed by atoms with van der Waals surface area (Å²) < 4.78 is 0. The number of rotatable bonds is 4. The van der Waals surface area contributed by atoms with Gasteiger partial charge in [0.15, 0.2) is 0 Å². The van der Waals surface area contributed by atoms with Crippen LogP contribution in [0.25, 0.3) is 11.3 Å². The fourth-order valence-corrected chi connectivity index (χ4v) is 1.76. The smallest absolute Gasteiger partial charge is 0.0701 e. The second-order valence-electron chi connectivity index (χ2n) is 4.02. The molecule has 82 valence electrons. The maximum atomic E-state index is 4.34. The van der Waals surface area contributed by atoms with Crippen molar-refractivity contribution in [3.63, 3.8) is 0 Å². The quantitative estimate of drug-likeness (QED) is 0.742. The van der Waals surface area contributed by atoms with Gasteiger partial charge in [0.25, 0.3) is 0 Å². The van der Waals surface area contributed by atoms with Crippen molar-refractivity contribution in [1.82, 2.24) is 4.98 Å². The van der Waals surface area contributed by atoms with Gasteiger partial charge in [-0.05, 0) is 30.5 Å². The van der Waals surface area contributed by atoms with Gasteiger partial charge in [-0.1, -0.05) is 43.7 Å². The molecule has 1 aromatic carbocycles. The zero-order chi connectivity index (χ0) is 11.2. The monoisotopic (exact) mass is 211 g/mol. The van der Waals surface area contributed by atoms with Gasteiger partial charge in [0, 0.05) is 11.8 Å². The second kappa shape index (κ2) is 5.45. The van der Waals surface area contributed by atoms with Gasteiger partial charge in [0.1, 0.15) is 0 Å². The number of hydrogen-bond acceptors (Lipinski definition) is 1. The van der Waals surface area contributed by atoms with Crippen molar-refractivity contribution in [2.75, 3.05) is 0 Å². The highest BCUT2D eigenvalue weighted by Crippen LogP contribution is 2.17. The van der Waals surface area contributed by atoms with Crippen LogP contribution in [0.1, 0.15) is 25.3 Å². The minimum atomic E-state index is 1.05. The van der Waals surface area contributed by atoms with Crippen molar-refractivity contribution in [3.05, 3.63) is 54.2 Å². The van der Waals surface area contributed by atoms with Gasteiger partial charge in [0.2, 0.25) is 0 Å². The molecule has 2 aromatic rings. The topological polar surface area (TPSA) is 12.9 Å². The fourth-order valence-electron chi connectivity index (χ4n) is 1.76. The zero-order valence-corrected chi connectivity index (χ0v) is 9.69. The van der Waals surface area contributed by atoms with Gasteiger partial charge in [0.05, 0.1) is 5.69 Å². The number of aryl methyl sites for hydroxylation is 1. The van der Waals surface area contributed by atoms with Crippen molar-refractivity contribution < 1.29 is 0 Å². The van der Waals surface area contributed by atoms with E-state index in [0.717, 1.165) is 5.69 Å². The van der Waals surface area contributed by atoms with Crippen LogP contribution in [0.3, 0.4) is 0 Å². The van der Waals surface area contributed by atoms with Gasteiger partial charge in [-0.15, -0.1) is 0 Å². The molecule has 0 aliphatic rings. The molecular weight excluding hydrogens is 194 g/mol. The largest absolute Gasteiger partial charge is 0.256 e. The Bertz CT molecular complexity index is 417. The summed E-state index contributed by atoms with van der Waals surface area (Å²) in [5.74, 6) is 0. The second-order valence-corrected chi connectivity index (χ2v) is 4.02. The lowest BCUT2D eigenvalue weighted by molar-refractivity contribution is 0.795. The lowest BCUT2D eigenvalue weighted by Gasteiger charge is -2.03. The van der Waals surface area contributed by atoms with Gasteiger partial charge < -0.3 is 0 Å². The molecule has 0 aliphatic heterocycles. The fraction of sp³-hybridized carbons (Fsp3) is 0.267. The van der Waals surface area contributed by atoms with E-state index in [-0.39, 0.29) is 0 Å². The molecule has 0 spiro atoms. The summed E-state index contributed by atoms with van der Waals surface area (Å²) in [4.78, 5) is 4.34. The van der Waals surface area contributed by atoms with Crippen molar-refractivity contribution in [2.24, 2.45) is 0 Å². The molecule has 2 rings (SSSR count). The first-order chi connectivity index (χ1) is 7.90. The highest BCUT2D eigenvalue weighted by atomic mass is 14.7. The third kappa shape index (κ3) is 2.69. The van der Waals surface area contributed by atoms with Crippen LogP contribution in [-0.2, 0) is 6.42 Å². The van der Waals surface area contributed by atoms with Crippen molar-refractivity contribution >= 4 is 0 Å². The van der Waals surface area contributed by atoms with E-state index in [1.54, 1.807) is 0 Å². The van der Waals surface area contributed by atoms with E-state index in [4.69, 9.17) is 0 Å². The Morgan fingerprint density at radius 1 is 1.00 bits per heavy atom. The number of hydrogen-bond donors (Lipinski definition) is 0. The average molecular weight is 211 g/mol. The molecule has 1 heterocycles. The summed E-state index contributed by atoms with van der Waals surface area (Å²) in [6, 6.07) is 14.7. The predicted molar refractivity (Wildman–Crippen MR) is 68.3 cm³/mol. The first kappa shape index (κ1) is 10.9. The minimum Gasteiger partial charge on any atom is -0.256 e. The van der Waals surface area contributed by atoms with Gasteiger partial charge in [-0.2, -0.15) is 0 Å². The third-order valence-electron chi connectivity index (χ3n) is 2.73. The number of unbranched alkanes of at least 4 members (excludes halogenated alkanes) is 1. The maximum Gasteiger partial charge on any atom is 0.0701 e. The summed E-state index contributed by atoms with van der Waals surface area (Å²) in [6.45, 7) is 2.22. The summed E-state index contributed by atoms with van der Waals surface area (Å²) in [5.41, 5.74) is 3.66. The Labute approximate surface area is 97.2 Å². The van der Waals surface area contributed by atoms with Crippen LogP contribution >= 0.6 is 0 Å². The van der Waals surface area contributed by atoms with Gasteiger partial charge >= 0.3 is 0 Å². The Morgan fingerprint density at radius 3 is 2.44 bits per heavy atom. The molecule has 0 fully saturated rings. The molecule has 16 heavy (non-hydrogen) atoms. The number of nitrogens with zero attached hydrogens (tertiary/aromatic N) is 1. The molecule has 1 heteroatoms. The molecule has 1 nitrogen and oxygen atoms in total. The van der Waals surface area contributed by atoms with E-state index in [9.17, 15) is 0 Å². The highest BCUT2D eigenvalue weighted by molar-refractivity contribution is 5.58. The molecular formula is C15H17N. The molecule has 0 aliphatic carbocycles. The number of benzene rings is 1. The summed E-state index contributed by atoms with van der Waals surface area (Å²) >= 11 is 0. The molecule has 0 unspecified atom stereocenters. The van der Waals surface area contributed by atoms with E-state index in [2.05, 4.69) is 36.2 Å². The molecule has 0 amide bonds. The van der Waals surface area contributed by atoms with Crippen molar-refractivity contribution in [2.45, 2.75) is 26.2 Å². The minimum absolute atomic E-state index is 1.05. The zero-order valence-electron chi connectivity index (χ0n) is 9.69. The normalized spacial score (nSPS) is 10.3. The van der Waals surface area contributed by atoms with Crippen LogP contribution < -0.4 is 0 Å². The molecule has 0 saturated carbocycles. The Kier molecular flexibility index (Phi) is 3.71. The Balaban J connectivity index is 2.13. The van der Waals surface area contributed by atoms with Gasteiger partial charge in [-0.3, -0.25) is 4.98 Å². The van der Waals surface area contributed by atoms with E-state index in [1.807, 2.05) is 24.4 Å². The molecule has 0 bridgehead atoms. The SMILES string of the molecule is CCCCc1ccc(-c2ccccn2)cc1. The first-order valence-corrected chi connectivity index (χ1v) is 5.90. The highest BCUT2D eigenvalue weighted by Gasteiger charge is 1.98. The molecule has 1 aromatic heterocycles. The van der Waals surface area contributed by atoms with Crippen LogP contribution in [-0.4, -0.2) is 4.98 Å². The Morgan fingerprint density at radius 2 is 1.81 bits per heavy atom. The summed E-state index contributed by atoms with van der Waals surface area (Å²) in [6.07, 6.45) is 5.53. The van der Waals surface area contributed by atoms with E-state index >= 15 is 0 Å². The molecule has 0 atom stereocenters. The first-order valence-electron chi connectivity index (χ1n) is 5.90. The molecule has 0 saturated heterocycles. The lowest BCUT2D eigenvalue weighted by atomic mass is 10.0. The average Bonchev–Trinajstić information content (AvgIpc) is 2.38. The number of aromatic nitrogens is 1. The van der Waals surface area contributed by atoms with Crippen molar-refractivity contribution in [1.29, 1.82) is 0 Å². The van der Waals surface area contributed by atoms with E-state index in [0.29, 0.717) is 0 Å². The van der Waals surface area contributed by atoms with E-state index in [1.165, 1.54) is 30.4 Å². The third-order valence-corrected chi connectivity index (χ3v) is 2.73. The van der Waals surface area contributed by atoms with Crippen LogP contribution in [0.4, 0.5) is 0 Å². The molecule has 0 radical (unpaired) electrons. The summed E-state index contributed by atoms with van der Waals surface area (Å²) in [7, 11) is 0. The summed E-state index contributed by atoms with van der Waals surface area (Å²) in [5, 5.41) is 0. The van der Waals surface area contributed by atoms with Crippen molar-refractivity contribution in [3.8, 4) is 11.3 Å². The van der Waals surface area contributed by atoms with E-state index < -0.39 is 0 Å². The maximum absolute atomic E-state index is 4.34. The Hall–Kier alpha value is -1.63. The van der Waals surface area contributed by atoms with Crippen LogP contribution in [0.2, 0.25) is 0 Å². The lowest BCUT2D eigenvalue weighted by Crippen LogP contribution is -1.86. The number of pyridine rings is 1. The van der Waals surface area contributed by atoms with Gasteiger partial charge in [-0.25, -0.2) is 0 Å².